The lowest BCUT2D eigenvalue weighted by Crippen LogP contribution is -2.39. The van der Waals surface area contributed by atoms with E-state index in [-0.39, 0.29) is 24.0 Å². The Morgan fingerprint density at radius 3 is 2.10 bits per heavy atom. The molecule has 3 heterocycles. The van der Waals surface area contributed by atoms with E-state index in [0.717, 1.165) is 30.8 Å². The molecule has 0 unspecified atom stereocenters. The van der Waals surface area contributed by atoms with Crippen molar-refractivity contribution in [2.45, 2.75) is 44.9 Å². The molecule has 15 heteroatoms. The molecule has 1 aromatic heterocycles. The molecule has 4 rings (SSSR count). The van der Waals surface area contributed by atoms with Gasteiger partial charge in [0.1, 0.15) is 0 Å². The van der Waals surface area contributed by atoms with E-state index in [1.54, 1.807) is 0 Å². The third-order valence-corrected chi connectivity index (χ3v) is 5.69. The maximum absolute atomic E-state index is 12.4. The Balaban J connectivity index is 0.000000317. The van der Waals surface area contributed by atoms with E-state index in [2.05, 4.69) is 28.4 Å². The van der Waals surface area contributed by atoms with Crippen LogP contribution >= 0.6 is 0 Å². The number of halogens is 6. The Morgan fingerprint density at radius 1 is 1.00 bits per heavy atom. The van der Waals surface area contributed by atoms with Gasteiger partial charge in [0.15, 0.2) is 0 Å². The molecule has 3 N–H and O–H groups in total. The quantitative estimate of drug-likeness (QED) is 0.480. The molecular weight excluding hydrogens is 540 g/mol. The molecule has 2 aromatic rings. The first kappa shape index (κ1) is 31.8. The van der Waals surface area contributed by atoms with Gasteiger partial charge in [-0.1, -0.05) is 24.3 Å². The van der Waals surface area contributed by atoms with Crippen molar-refractivity contribution >= 4 is 28.7 Å². The number of pyridine rings is 1. The number of carbonyl (C=O) groups excluding carboxylic acids is 1. The monoisotopic (exact) mass is 567 g/mol. The molecule has 0 saturated carbocycles. The molecule has 0 bridgehead atoms. The SMILES string of the molecule is CC(C)NC(=O)[C@H]1CO[C@@H]2CN(Cc3ccc4ccccc4n3)C[C@H]12.O=C(O)C(F)(F)F.O=C(O)C(F)(F)F. The fourth-order valence-electron chi connectivity index (χ4n) is 4.01. The third-order valence-electron chi connectivity index (χ3n) is 5.69. The summed E-state index contributed by atoms with van der Waals surface area (Å²) in [5.74, 6) is -5.12. The van der Waals surface area contributed by atoms with E-state index in [1.165, 1.54) is 5.39 Å². The Labute approximate surface area is 218 Å². The highest BCUT2D eigenvalue weighted by atomic mass is 19.4. The van der Waals surface area contributed by atoms with E-state index in [1.807, 2.05) is 32.0 Å². The first-order chi connectivity index (χ1) is 18.0. The van der Waals surface area contributed by atoms with Gasteiger partial charge in [-0.3, -0.25) is 14.7 Å². The largest absolute Gasteiger partial charge is 0.490 e. The van der Waals surface area contributed by atoms with Gasteiger partial charge in [-0.15, -0.1) is 0 Å². The van der Waals surface area contributed by atoms with Gasteiger partial charge in [-0.2, -0.15) is 26.3 Å². The molecule has 0 aliphatic carbocycles. The zero-order valence-corrected chi connectivity index (χ0v) is 20.8. The molecule has 2 fully saturated rings. The first-order valence-electron chi connectivity index (χ1n) is 11.6. The number of likely N-dealkylation sites (tertiary alicyclic amines) is 1. The zero-order chi connectivity index (χ0) is 29.5. The Bertz CT molecular complexity index is 1130. The van der Waals surface area contributed by atoms with Gasteiger partial charge in [0.05, 0.1) is 29.8 Å². The highest BCUT2D eigenvalue weighted by Crippen LogP contribution is 2.34. The lowest BCUT2D eigenvalue weighted by Gasteiger charge is -2.20. The lowest BCUT2D eigenvalue weighted by molar-refractivity contribution is -0.193. The summed E-state index contributed by atoms with van der Waals surface area (Å²) in [6, 6.07) is 12.6. The number of fused-ring (bicyclic) bond motifs is 2. The topological polar surface area (TPSA) is 129 Å². The fourth-order valence-corrected chi connectivity index (χ4v) is 4.01. The van der Waals surface area contributed by atoms with Crippen molar-refractivity contribution in [2.24, 2.45) is 11.8 Å². The van der Waals surface area contributed by atoms with Crippen LogP contribution in [-0.2, 0) is 25.7 Å². The maximum Gasteiger partial charge on any atom is 0.490 e. The summed E-state index contributed by atoms with van der Waals surface area (Å²) in [5, 5.41) is 18.4. The predicted octanol–water partition coefficient (Wildman–Crippen LogP) is 3.47. The van der Waals surface area contributed by atoms with Crippen LogP contribution in [0.4, 0.5) is 26.3 Å². The lowest BCUT2D eigenvalue weighted by atomic mass is 9.92. The molecule has 216 valence electrons. The average Bonchev–Trinajstić information content (AvgIpc) is 3.38. The number of carboxylic acids is 2. The van der Waals surface area contributed by atoms with E-state index < -0.39 is 24.3 Å². The number of carboxylic acid groups (broad SMARTS) is 2. The summed E-state index contributed by atoms with van der Waals surface area (Å²) in [6.07, 6.45) is -10.00. The summed E-state index contributed by atoms with van der Waals surface area (Å²) >= 11 is 0. The molecule has 9 nitrogen and oxygen atoms in total. The fraction of sp³-hybridized carbons (Fsp3) is 0.500. The normalized spacial score (nSPS) is 20.9. The van der Waals surface area contributed by atoms with Crippen molar-refractivity contribution in [3.8, 4) is 0 Å². The summed E-state index contributed by atoms with van der Waals surface area (Å²) in [4.78, 5) is 37.3. The summed E-state index contributed by atoms with van der Waals surface area (Å²) in [5.41, 5.74) is 2.10. The highest BCUT2D eigenvalue weighted by molar-refractivity contribution is 5.80. The van der Waals surface area contributed by atoms with Crippen LogP contribution in [0.1, 0.15) is 19.5 Å². The van der Waals surface area contributed by atoms with E-state index in [9.17, 15) is 31.1 Å². The van der Waals surface area contributed by atoms with Gasteiger partial charge < -0.3 is 20.3 Å². The van der Waals surface area contributed by atoms with Crippen LogP contribution in [0.2, 0.25) is 0 Å². The van der Waals surface area contributed by atoms with Crippen LogP contribution < -0.4 is 5.32 Å². The molecule has 39 heavy (non-hydrogen) atoms. The summed E-state index contributed by atoms with van der Waals surface area (Å²) in [7, 11) is 0. The van der Waals surface area contributed by atoms with Crippen LogP contribution in [0.25, 0.3) is 10.9 Å². The number of carbonyl (C=O) groups is 3. The predicted molar refractivity (Wildman–Crippen MR) is 124 cm³/mol. The van der Waals surface area contributed by atoms with Crippen molar-refractivity contribution in [3.05, 3.63) is 42.1 Å². The average molecular weight is 567 g/mol. The number of rotatable bonds is 4. The van der Waals surface area contributed by atoms with Crippen LogP contribution in [0, 0.1) is 11.8 Å². The van der Waals surface area contributed by atoms with Crippen LogP contribution in [-0.4, -0.2) is 82.1 Å². The maximum atomic E-state index is 12.4. The molecule has 1 aromatic carbocycles. The molecule has 2 aliphatic heterocycles. The Hall–Kier alpha value is -3.46. The molecule has 1 amide bonds. The molecule has 0 spiro atoms. The molecule has 2 saturated heterocycles. The second kappa shape index (κ2) is 13.1. The Morgan fingerprint density at radius 2 is 1.56 bits per heavy atom. The number of aromatic nitrogens is 1. The van der Waals surface area contributed by atoms with Gasteiger partial charge in [0, 0.05) is 37.0 Å². The number of nitrogens with one attached hydrogen (secondary N) is 1. The third kappa shape index (κ3) is 9.66. The van der Waals surface area contributed by atoms with Crippen LogP contribution in [0.15, 0.2) is 36.4 Å². The number of para-hydroxylation sites is 1. The number of nitrogens with zero attached hydrogens (tertiary/aromatic N) is 2. The highest BCUT2D eigenvalue weighted by Gasteiger charge is 2.46. The van der Waals surface area contributed by atoms with Gasteiger partial charge in [-0.25, -0.2) is 9.59 Å². The summed E-state index contributed by atoms with van der Waals surface area (Å²) < 4.78 is 69.4. The van der Waals surface area contributed by atoms with Gasteiger partial charge in [0.25, 0.3) is 0 Å². The number of ether oxygens (including phenoxy) is 1. The van der Waals surface area contributed by atoms with E-state index in [0.29, 0.717) is 12.5 Å². The van der Waals surface area contributed by atoms with Crippen molar-refractivity contribution in [3.63, 3.8) is 0 Å². The van der Waals surface area contributed by atoms with Crippen molar-refractivity contribution in [1.82, 2.24) is 15.2 Å². The van der Waals surface area contributed by atoms with Crippen LogP contribution in [0.5, 0.6) is 0 Å². The number of aliphatic carboxylic acids is 2. The van der Waals surface area contributed by atoms with Crippen molar-refractivity contribution < 1.29 is 55.7 Å². The van der Waals surface area contributed by atoms with Gasteiger partial charge in [0.2, 0.25) is 5.91 Å². The van der Waals surface area contributed by atoms with Crippen molar-refractivity contribution in [1.29, 1.82) is 0 Å². The summed E-state index contributed by atoms with van der Waals surface area (Å²) in [6.45, 7) is 7.13. The Kier molecular flexibility index (Phi) is 10.6. The van der Waals surface area contributed by atoms with Gasteiger partial charge >= 0.3 is 24.3 Å². The molecular formula is C24H27F6N3O6. The standard InChI is InChI=1S/C20H25N3O2.2C2HF3O2/c1-13(2)21-20(24)17-12-25-19-11-23(10-16(17)19)9-15-8-7-14-5-3-4-6-18(14)22-15;2*3-2(4,5)1(6)7/h3-8,13,16-17,19H,9-12H2,1-2H3,(H,21,24);2*(H,6,7)/t16-,17+,19-;;/m1../s1. The molecule has 2 aliphatic rings. The smallest absolute Gasteiger partial charge is 0.475 e. The second-order valence-corrected chi connectivity index (χ2v) is 9.10. The van der Waals surface area contributed by atoms with Crippen LogP contribution in [0.3, 0.4) is 0 Å². The number of alkyl halides is 6. The number of hydrogen-bond acceptors (Lipinski definition) is 6. The van der Waals surface area contributed by atoms with E-state index >= 15 is 0 Å². The van der Waals surface area contributed by atoms with Crippen molar-refractivity contribution in [2.75, 3.05) is 19.7 Å². The second-order valence-electron chi connectivity index (χ2n) is 9.10. The minimum Gasteiger partial charge on any atom is -0.475 e. The zero-order valence-electron chi connectivity index (χ0n) is 20.8. The number of amides is 1. The molecule has 0 radical (unpaired) electrons. The number of hydrogen-bond donors (Lipinski definition) is 3. The minimum absolute atomic E-state index is 0.0260. The minimum atomic E-state index is -5.08. The molecule has 3 atom stereocenters. The van der Waals surface area contributed by atoms with Gasteiger partial charge in [-0.05, 0) is 26.0 Å². The number of benzene rings is 1. The first-order valence-corrected chi connectivity index (χ1v) is 11.6. The van der Waals surface area contributed by atoms with E-state index in [4.69, 9.17) is 29.5 Å².